The number of anilines is 1. The lowest BCUT2D eigenvalue weighted by Crippen LogP contribution is -2.32. The summed E-state index contributed by atoms with van der Waals surface area (Å²) in [6.45, 7) is 4.05. The Morgan fingerprint density at radius 1 is 1.00 bits per heavy atom. The van der Waals surface area contributed by atoms with Crippen LogP contribution in [-0.2, 0) is 20.9 Å². The van der Waals surface area contributed by atoms with E-state index in [9.17, 15) is 14.4 Å². The molecule has 0 aliphatic heterocycles. The molecule has 0 aliphatic rings. The van der Waals surface area contributed by atoms with Crippen LogP contribution in [0.4, 0.5) is 5.69 Å². The maximum atomic E-state index is 12.5. The number of nitrogens with zero attached hydrogens (tertiary/aromatic N) is 1. The first kappa shape index (κ1) is 23.1. The Bertz CT molecular complexity index is 878. The van der Waals surface area contributed by atoms with Gasteiger partial charge in [-0.2, -0.15) is 0 Å². The molecular weight excluding hydrogens is 380 g/mol. The molecule has 1 atom stereocenters. The minimum atomic E-state index is -0.389. The second-order valence-electron chi connectivity index (χ2n) is 7.63. The zero-order valence-electron chi connectivity index (χ0n) is 18.0. The molecule has 1 unspecified atom stereocenters. The predicted octanol–water partition coefficient (Wildman–Crippen LogP) is 2.38. The number of carbonyl (C=O) groups is 3. The molecule has 3 N–H and O–H groups in total. The standard InChI is InChI=1S/C23H30N4O3/c1-16-8-10-19(11-9-16)21(25-17(2)28)13-22(29)24-14-18-6-5-7-20(12-18)26-23(30)15-27(3)4/h5-12,21H,13-15H2,1-4H3,(H,24,29)(H,25,28)(H,26,30). The normalized spacial score (nSPS) is 11.6. The number of amides is 3. The average Bonchev–Trinajstić information content (AvgIpc) is 2.66. The van der Waals surface area contributed by atoms with Gasteiger partial charge < -0.3 is 20.9 Å². The van der Waals surface area contributed by atoms with Crippen LogP contribution in [0.1, 0.15) is 36.1 Å². The van der Waals surface area contributed by atoms with E-state index in [1.54, 1.807) is 4.90 Å². The van der Waals surface area contributed by atoms with Gasteiger partial charge in [-0.1, -0.05) is 42.0 Å². The van der Waals surface area contributed by atoms with E-state index in [1.807, 2.05) is 69.6 Å². The van der Waals surface area contributed by atoms with Gasteiger partial charge in [0, 0.05) is 19.2 Å². The third-order valence-corrected chi connectivity index (χ3v) is 4.41. The molecule has 7 heteroatoms. The Kier molecular flexibility index (Phi) is 8.55. The van der Waals surface area contributed by atoms with Crippen LogP contribution in [0.15, 0.2) is 48.5 Å². The number of hydrogen-bond acceptors (Lipinski definition) is 4. The lowest BCUT2D eigenvalue weighted by atomic mass is 10.0. The summed E-state index contributed by atoms with van der Waals surface area (Å²) < 4.78 is 0. The van der Waals surface area contributed by atoms with Crippen molar-refractivity contribution in [3.8, 4) is 0 Å². The van der Waals surface area contributed by atoms with E-state index in [2.05, 4.69) is 16.0 Å². The summed E-state index contributed by atoms with van der Waals surface area (Å²) in [7, 11) is 3.66. The summed E-state index contributed by atoms with van der Waals surface area (Å²) in [6, 6.07) is 14.7. The van der Waals surface area contributed by atoms with Crippen molar-refractivity contribution in [3.63, 3.8) is 0 Å². The Labute approximate surface area is 177 Å². The molecule has 2 aromatic rings. The highest BCUT2D eigenvalue weighted by Crippen LogP contribution is 2.18. The van der Waals surface area contributed by atoms with E-state index >= 15 is 0 Å². The summed E-state index contributed by atoms with van der Waals surface area (Å²) >= 11 is 0. The molecule has 0 spiro atoms. The maximum Gasteiger partial charge on any atom is 0.238 e. The van der Waals surface area contributed by atoms with Crippen molar-refractivity contribution in [1.29, 1.82) is 0 Å². The van der Waals surface area contributed by atoms with Gasteiger partial charge in [-0.25, -0.2) is 0 Å². The van der Waals surface area contributed by atoms with Crippen molar-refractivity contribution in [2.75, 3.05) is 26.0 Å². The summed E-state index contributed by atoms with van der Waals surface area (Å²) in [4.78, 5) is 37.8. The molecule has 0 aromatic heterocycles. The monoisotopic (exact) mass is 410 g/mol. The van der Waals surface area contributed by atoms with E-state index in [-0.39, 0.29) is 30.2 Å². The van der Waals surface area contributed by atoms with Crippen LogP contribution in [0.2, 0.25) is 0 Å². The van der Waals surface area contributed by atoms with Gasteiger partial charge in [-0.15, -0.1) is 0 Å². The van der Waals surface area contributed by atoms with Crippen molar-refractivity contribution in [2.24, 2.45) is 0 Å². The smallest absolute Gasteiger partial charge is 0.238 e. The summed E-state index contributed by atoms with van der Waals surface area (Å²) in [5, 5.41) is 8.57. The van der Waals surface area contributed by atoms with Gasteiger partial charge in [-0.3, -0.25) is 14.4 Å². The van der Waals surface area contributed by atoms with Gasteiger partial charge in [0.1, 0.15) is 0 Å². The molecule has 0 heterocycles. The van der Waals surface area contributed by atoms with Crippen molar-refractivity contribution < 1.29 is 14.4 Å². The first-order chi connectivity index (χ1) is 14.2. The molecule has 0 saturated heterocycles. The van der Waals surface area contributed by atoms with Crippen LogP contribution in [-0.4, -0.2) is 43.3 Å². The van der Waals surface area contributed by atoms with Gasteiger partial charge in [-0.05, 0) is 44.3 Å². The third kappa shape index (κ3) is 8.05. The number of likely N-dealkylation sites (N-methyl/N-ethyl adjacent to an activating group) is 1. The zero-order valence-corrected chi connectivity index (χ0v) is 18.0. The van der Waals surface area contributed by atoms with Crippen molar-refractivity contribution in [1.82, 2.24) is 15.5 Å². The maximum absolute atomic E-state index is 12.5. The lowest BCUT2D eigenvalue weighted by Gasteiger charge is -2.18. The van der Waals surface area contributed by atoms with E-state index in [4.69, 9.17) is 0 Å². The fourth-order valence-electron chi connectivity index (χ4n) is 3.00. The molecule has 160 valence electrons. The Morgan fingerprint density at radius 3 is 2.33 bits per heavy atom. The van der Waals surface area contributed by atoms with Crippen molar-refractivity contribution in [3.05, 3.63) is 65.2 Å². The zero-order chi connectivity index (χ0) is 22.1. The van der Waals surface area contributed by atoms with E-state index in [0.29, 0.717) is 18.8 Å². The number of benzene rings is 2. The summed E-state index contributed by atoms with van der Waals surface area (Å²) in [6.07, 6.45) is 0.141. The minimum Gasteiger partial charge on any atom is -0.352 e. The first-order valence-corrected chi connectivity index (χ1v) is 9.87. The molecule has 2 rings (SSSR count). The van der Waals surface area contributed by atoms with Gasteiger partial charge in [0.2, 0.25) is 17.7 Å². The van der Waals surface area contributed by atoms with Gasteiger partial charge in [0.15, 0.2) is 0 Å². The van der Waals surface area contributed by atoms with Crippen molar-refractivity contribution >= 4 is 23.4 Å². The van der Waals surface area contributed by atoms with Crippen LogP contribution in [0.5, 0.6) is 0 Å². The Morgan fingerprint density at radius 2 is 1.70 bits per heavy atom. The quantitative estimate of drug-likeness (QED) is 0.592. The first-order valence-electron chi connectivity index (χ1n) is 9.87. The molecular formula is C23H30N4O3. The topological polar surface area (TPSA) is 90.5 Å². The highest BCUT2D eigenvalue weighted by molar-refractivity contribution is 5.92. The molecule has 3 amide bonds. The highest BCUT2D eigenvalue weighted by atomic mass is 16.2. The SMILES string of the molecule is CC(=O)NC(CC(=O)NCc1cccc(NC(=O)CN(C)C)c1)c1ccc(C)cc1. The second-order valence-corrected chi connectivity index (χ2v) is 7.63. The second kappa shape index (κ2) is 11.1. The summed E-state index contributed by atoms with van der Waals surface area (Å²) in [5.74, 6) is -0.455. The fraction of sp³-hybridized carbons (Fsp3) is 0.348. The van der Waals surface area contributed by atoms with E-state index in [0.717, 1.165) is 16.7 Å². The van der Waals surface area contributed by atoms with E-state index in [1.165, 1.54) is 6.92 Å². The number of carbonyl (C=O) groups excluding carboxylic acids is 3. The van der Waals surface area contributed by atoms with Crippen LogP contribution < -0.4 is 16.0 Å². The molecule has 7 nitrogen and oxygen atoms in total. The van der Waals surface area contributed by atoms with Gasteiger partial charge >= 0.3 is 0 Å². The largest absolute Gasteiger partial charge is 0.352 e. The Hall–Kier alpha value is -3.19. The number of aryl methyl sites for hydroxylation is 1. The van der Waals surface area contributed by atoms with Gasteiger partial charge in [0.05, 0.1) is 19.0 Å². The van der Waals surface area contributed by atoms with Gasteiger partial charge in [0.25, 0.3) is 0 Å². The lowest BCUT2D eigenvalue weighted by molar-refractivity contribution is -0.123. The van der Waals surface area contributed by atoms with Crippen LogP contribution in [0.3, 0.4) is 0 Å². The molecule has 0 aliphatic carbocycles. The van der Waals surface area contributed by atoms with E-state index < -0.39 is 0 Å². The van der Waals surface area contributed by atoms with Crippen LogP contribution in [0, 0.1) is 6.92 Å². The highest BCUT2D eigenvalue weighted by Gasteiger charge is 2.17. The Balaban J connectivity index is 1.95. The fourth-order valence-corrected chi connectivity index (χ4v) is 3.00. The summed E-state index contributed by atoms with van der Waals surface area (Å²) in [5.41, 5.74) is 3.56. The molecule has 0 bridgehead atoms. The molecule has 0 saturated carbocycles. The molecule has 30 heavy (non-hydrogen) atoms. The molecule has 0 fully saturated rings. The predicted molar refractivity (Wildman–Crippen MR) is 118 cm³/mol. The minimum absolute atomic E-state index is 0.0996. The number of rotatable bonds is 9. The van der Waals surface area contributed by atoms with Crippen LogP contribution in [0.25, 0.3) is 0 Å². The average molecular weight is 411 g/mol. The molecule has 0 radical (unpaired) electrons. The molecule has 2 aromatic carbocycles. The number of nitrogens with one attached hydrogen (secondary N) is 3. The number of hydrogen-bond donors (Lipinski definition) is 3. The van der Waals surface area contributed by atoms with Crippen LogP contribution >= 0.6 is 0 Å². The third-order valence-electron chi connectivity index (χ3n) is 4.41. The van der Waals surface area contributed by atoms with Crippen molar-refractivity contribution in [2.45, 2.75) is 32.9 Å².